The quantitative estimate of drug-likeness (QED) is 0.735. The first-order valence-corrected chi connectivity index (χ1v) is 5.55. The van der Waals surface area contributed by atoms with Gasteiger partial charge in [-0.3, -0.25) is 0 Å². The molecule has 0 spiro atoms. The highest BCUT2D eigenvalue weighted by Crippen LogP contribution is 2.43. The molecule has 3 N–H and O–H groups in total. The Bertz CT molecular complexity index is 413. The van der Waals surface area contributed by atoms with Gasteiger partial charge in [0.1, 0.15) is 13.2 Å². The zero-order valence-electron chi connectivity index (χ0n) is 8.98. The van der Waals surface area contributed by atoms with E-state index in [-0.39, 0.29) is 6.04 Å². The highest BCUT2D eigenvalue weighted by atomic mass is 16.6. The maximum Gasteiger partial charge on any atom is 0.161 e. The largest absolute Gasteiger partial charge is 0.486 e. The van der Waals surface area contributed by atoms with Crippen molar-refractivity contribution in [3.8, 4) is 11.5 Å². The fourth-order valence-electron chi connectivity index (χ4n) is 2.38. The third-order valence-electron chi connectivity index (χ3n) is 3.28. The third-order valence-corrected chi connectivity index (χ3v) is 3.28. The van der Waals surface area contributed by atoms with Gasteiger partial charge < -0.3 is 20.3 Å². The summed E-state index contributed by atoms with van der Waals surface area (Å²) in [6, 6.07) is 5.71. The average molecular weight is 221 g/mol. The third kappa shape index (κ3) is 1.45. The van der Waals surface area contributed by atoms with E-state index in [0.717, 1.165) is 17.1 Å². The molecule has 16 heavy (non-hydrogen) atoms. The summed E-state index contributed by atoms with van der Waals surface area (Å²) >= 11 is 0. The Labute approximate surface area is 94.0 Å². The Hall–Kier alpha value is -1.26. The van der Waals surface area contributed by atoms with E-state index in [9.17, 15) is 5.11 Å². The first-order chi connectivity index (χ1) is 7.67. The number of hydrogen-bond donors (Lipinski definition) is 2. The second-order valence-electron chi connectivity index (χ2n) is 4.56. The Kier molecular flexibility index (Phi) is 2.09. The van der Waals surface area contributed by atoms with Gasteiger partial charge in [-0.05, 0) is 30.5 Å². The summed E-state index contributed by atoms with van der Waals surface area (Å²) in [5.74, 6) is 1.47. The zero-order chi connectivity index (χ0) is 11.2. The van der Waals surface area contributed by atoms with E-state index < -0.39 is 5.60 Å². The topological polar surface area (TPSA) is 64.7 Å². The van der Waals surface area contributed by atoms with Crippen LogP contribution < -0.4 is 15.2 Å². The summed E-state index contributed by atoms with van der Waals surface area (Å²) in [6.07, 6.45) is 1.24. The smallest absolute Gasteiger partial charge is 0.161 e. The van der Waals surface area contributed by atoms with Crippen molar-refractivity contribution in [3.63, 3.8) is 0 Å². The average Bonchev–Trinajstić information content (AvgIpc) is 2.26. The molecule has 1 aliphatic carbocycles. The lowest BCUT2D eigenvalue weighted by Crippen LogP contribution is -2.49. The van der Waals surface area contributed by atoms with E-state index in [0.29, 0.717) is 26.1 Å². The first kappa shape index (κ1) is 9.93. The summed E-state index contributed by atoms with van der Waals surface area (Å²) in [7, 11) is 0. The SMILES string of the molecule is NC1CC(O)(c2ccc3c(c2)OCCO3)C1. The minimum Gasteiger partial charge on any atom is -0.486 e. The molecular weight excluding hydrogens is 206 g/mol. The number of aliphatic hydroxyl groups is 1. The lowest BCUT2D eigenvalue weighted by molar-refractivity contribution is -0.0525. The lowest BCUT2D eigenvalue weighted by atomic mass is 9.72. The predicted octanol–water partition coefficient (Wildman–Crippen LogP) is 0.766. The molecular formula is C12H15NO3. The molecule has 1 aromatic carbocycles. The number of hydrogen-bond acceptors (Lipinski definition) is 4. The van der Waals surface area contributed by atoms with Gasteiger partial charge >= 0.3 is 0 Å². The molecule has 0 bridgehead atoms. The van der Waals surface area contributed by atoms with Crippen LogP contribution >= 0.6 is 0 Å². The van der Waals surface area contributed by atoms with Gasteiger partial charge in [0.05, 0.1) is 5.60 Å². The van der Waals surface area contributed by atoms with E-state index >= 15 is 0 Å². The van der Waals surface area contributed by atoms with Crippen molar-refractivity contribution >= 4 is 0 Å². The van der Waals surface area contributed by atoms with Crippen LogP contribution in [0.15, 0.2) is 18.2 Å². The molecule has 0 saturated heterocycles. The van der Waals surface area contributed by atoms with Gasteiger partial charge in [0.2, 0.25) is 0 Å². The minimum atomic E-state index is -0.769. The molecule has 4 heteroatoms. The van der Waals surface area contributed by atoms with Crippen LogP contribution in [0.3, 0.4) is 0 Å². The van der Waals surface area contributed by atoms with Gasteiger partial charge in [0, 0.05) is 6.04 Å². The molecule has 0 atom stereocenters. The highest BCUT2D eigenvalue weighted by molar-refractivity contribution is 5.46. The fourth-order valence-corrected chi connectivity index (χ4v) is 2.38. The van der Waals surface area contributed by atoms with Crippen LogP contribution in [0, 0.1) is 0 Å². The van der Waals surface area contributed by atoms with Crippen molar-refractivity contribution in [2.24, 2.45) is 5.73 Å². The van der Waals surface area contributed by atoms with Crippen LogP contribution in [0.1, 0.15) is 18.4 Å². The Morgan fingerprint density at radius 1 is 1.19 bits per heavy atom. The van der Waals surface area contributed by atoms with Crippen molar-refractivity contribution in [1.29, 1.82) is 0 Å². The van der Waals surface area contributed by atoms with E-state index in [1.54, 1.807) is 0 Å². The Balaban J connectivity index is 1.91. The number of ether oxygens (including phenoxy) is 2. The number of rotatable bonds is 1. The Morgan fingerprint density at radius 3 is 2.56 bits per heavy atom. The second-order valence-corrected chi connectivity index (χ2v) is 4.56. The lowest BCUT2D eigenvalue weighted by Gasteiger charge is -2.42. The molecule has 1 fully saturated rings. The van der Waals surface area contributed by atoms with E-state index in [4.69, 9.17) is 15.2 Å². The minimum absolute atomic E-state index is 0.109. The van der Waals surface area contributed by atoms with Gasteiger partial charge in [-0.15, -0.1) is 0 Å². The molecule has 0 unspecified atom stereocenters. The predicted molar refractivity (Wildman–Crippen MR) is 58.5 cm³/mol. The molecule has 2 aliphatic rings. The van der Waals surface area contributed by atoms with Crippen LogP contribution in [0.4, 0.5) is 0 Å². The highest BCUT2D eigenvalue weighted by Gasteiger charge is 2.42. The van der Waals surface area contributed by atoms with Crippen molar-refractivity contribution < 1.29 is 14.6 Å². The van der Waals surface area contributed by atoms with Crippen molar-refractivity contribution in [3.05, 3.63) is 23.8 Å². The maximum absolute atomic E-state index is 10.3. The molecule has 1 aromatic rings. The molecule has 4 nitrogen and oxygen atoms in total. The molecule has 0 aromatic heterocycles. The molecule has 1 heterocycles. The van der Waals surface area contributed by atoms with Gasteiger partial charge in [0.15, 0.2) is 11.5 Å². The summed E-state index contributed by atoms with van der Waals surface area (Å²) in [5, 5.41) is 10.3. The second kappa shape index (κ2) is 3.37. The van der Waals surface area contributed by atoms with Crippen LogP contribution in [0.5, 0.6) is 11.5 Å². The molecule has 0 radical (unpaired) electrons. The summed E-state index contributed by atoms with van der Waals surface area (Å²) in [5.41, 5.74) is 5.82. The van der Waals surface area contributed by atoms with Crippen LogP contribution in [-0.2, 0) is 5.60 Å². The maximum atomic E-state index is 10.3. The Morgan fingerprint density at radius 2 is 1.88 bits per heavy atom. The zero-order valence-corrected chi connectivity index (χ0v) is 8.98. The molecule has 1 saturated carbocycles. The van der Waals surface area contributed by atoms with E-state index in [2.05, 4.69) is 0 Å². The van der Waals surface area contributed by atoms with Crippen molar-refractivity contribution in [2.75, 3.05) is 13.2 Å². The van der Waals surface area contributed by atoms with Crippen molar-refractivity contribution in [1.82, 2.24) is 0 Å². The number of fused-ring (bicyclic) bond motifs is 1. The molecule has 0 amide bonds. The molecule has 86 valence electrons. The van der Waals surface area contributed by atoms with Gasteiger partial charge in [0.25, 0.3) is 0 Å². The van der Waals surface area contributed by atoms with E-state index in [1.165, 1.54) is 0 Å². The van der Waals surface area contributed by atoms with Crippen LogP contribution in [0.25, 0.3) is 0 Å². The standard InChI is InChI=1S/C12H15NO3/c13-9-6-12(14,7-9)8-1-2-10-11(5-8)16-4-3-15-10/h1-2,5,9,14H,3-4,6-7,13H2. The van der Waals surface area contributed by atoms with Gasteiger partial charge in [-0.2, -0.15) is 0 Å². The van der Waals surface area contributed by atoms with Gasteiger partial charge in [-0.25, -0.2) is 0 Å². The summed E-state index contributed by atoms with van der Waals surface area (Å²) in [6.45, 7) is 1.15. The summed E-state index contributed by atoms with van der Waals surface area (Å²) in [4.78, 5) is 0. The van der Waals surface area contributed by atoms with Crippen LogP contribution in [0.2, 0.25) is 0 Å². The van der Waals surface area contributed by atoms with E-state index in [1.807, 2.05) is 18.2 Å². The molecule has 1 aliphatic heterocycles. The van der Waals surface area contributed by atoms with Crippen LogP contribution in [-0.4, -0.2) is 24.4 Å². The first-order valence-electron chi connectivity index (χ1n) is 5.55. The molecule has 3 rings (SSSR count). The number of benzene rings is 1. The summed E-state index contributed by atoms with van der Waals surface area (Å²) < 4.78 is 10.9. The monoisotopic (exact) mass is 221 g/mol. The normalized spacial score (nSPS) is 32.0. The number of nitrogens with two attached hydrogens (primary N) is 1. The van der Waals surface area contributed by atoms with Crippen molar-refractivity contribution in [2.45, 2.75) is 24.5 Å². The van der Waals surface area contributed by atoms with Gasteiger partial charge in [-0.1, -0.05) is 6.07 Å². The fraction of sp³-hybridized carbons (Fsp3) is 0.500.